The summed E-state index contributed by atoms with van der Waals surface area (Å²) in [5.74, 6) is 0.0327. The molecule has 5 heteroatoms. The summed E-state index contributed by atoms with van der Waals surface area (Å²) >= 11 is 0. The van der Waals surface area contributed by atoms with Gasteiger partial charge in [-0.15, -0.1) is 5.10 Å². The molecule has 1 aromatic heterocycles. The zero-order valence-electron chi connectivity index (χ0n) is 10.2. The van der Waals surface area contributed by atoms with Crippen LogP contribution >= 0.6 is 0 Å². The Balaban J connectivity index is 2.19. The average Bonchev–Trinajstić information content (AvgIpc) is 2.76. The predicted molar refractivity (Wildman–Crippen MR) is 65.0 cm³/mol. The van der Waals surface area contributed by atoms with Gasteiger partial charge in [-0.1, -0.05) is 23.8 Å². The molecule has 0 fully saturated rings. The minimum Gasteiger partial charge on any atom is -0.292 e. The van der Waals surface area contributed by atoms with Crippen LogP contribution in [0.4, 0.5) is 0 Å². The molecule has 0 atom stereocenters. The number of Topliss-reactive ketones (excluding diaryl/α,β-unsaturated/α-hetero) is 1. The smallest absolute Gasteiger partial charge is 0.252 e. The molecule has 2 rings (SSSR count). The predicted octanol–water partition coefficient (Wildman–Crippen LogP) is 1.65. The van der Waals surface area contributed by atoms with Crippen LogP contribution in [0.1, 0.15) is 27.3 Å². The first-order chi connectivity index (χ1) is 8.60. The van der Waals surface area contributed by atoms with Crippen molar-refractivity contribution >= 4 is 5.78 Å². The number of aryl methyl sites for hydroxylation is 2. The van der Waals surface area contributed by atoms with E-state index in [1.165, 1.54) is 11.0 Å². The van der Waals surface area contributed by atoms with E-state index in [4.69, 9.17) is 5.26 Å². The number of nitriles is 1. The lowest BCUT2D eigenvalue weighted by atomic mass is 10.0. The van der Waals surface area contributed by atoms with Crippen molar-refractivity contribution < 1.29 is 4.79 Å². The first-order valence-corrected chi connectivity index (χ1v) is 5.50. The van der Waals surface area contributed by atoms with Crippen molar-refractivity contribution in [3.63, 3.8) is 0 Å². The molecule has 2 aromatic rings. The first-order valence-electron chi connectivity index (χ1n) is 5.50. The van der Waals surface area contributed by atoms with Crippen molar-refractivity contribution in [1.29, 1.82) is 5.26 Å². The van der Waals surface area contributed by atoms with Crippen LogP contribution in [-0.2, 0) is 6.54 Å². The van der Waals surface area contributed by atoms with Gasteiger partial charge in [-0.2, -0.15) is 5.26 Å². The molecule has 0 saturated carbocycles. The van der Waals surface area contributed by atoms with Crippen molar-refractivity contribution in [2.75, 3.05) is 0 Å². The Labute approximate surface area is 105 Å². The highest BCUT2D eigenvalue weighted by molar-refractivity contribution is 5.97. The number of aromatic nitrogens is 3. The highest BCUT2D eigenvalue weighted by Gasteiger charge is 2.11. The Bertz CT molecular complexity index is 637. The van der Waals surface area contributed by atoms with Gasteiger partial charge in [0.1, 0.15) is 18.9 Å². The highest BCUT2D eigenvalue weighted by atomic mass is 16.1. The minimum atomic E-state index is -0.0399. The normalized spacial score (nSPS) is 10.1. The Morgan fingerprint density at radius 1 is 1.44 bits per heavy atom. The van der Waals surface area contributed by atoms with Gasteiger partial charge in [-0.05, 0) is 19.4 Å². The number of ketones is 1. The van der Waals surface area contributed by atoms with Gasteiger partial charge in [0.15, 0.2) is 5.78 Å². The minimum absolute atomic E-state index is 0.0399. The molecule has 1 heterocycles. The fourth-order valence-electron chi connectivity index (χ4n) is 1.78. The molecular formula is C13H12N4O. The SMILES string of the molecule is Cc1ccc(C(=O)Cn2cnc(C#N)n2)c(C)c1. The maximum Gasteiger partial charge on any atom is 0.252 e. The van der Waals surface area contributed by atoms with Gasteiger partial charge in [0.2, 0.25) is 0 Å². The molecule has 90 valence electrons. The third-order valence-electron chi connectivity index (χ3n) is 2.62. The van der Waals surface area contributed by atoms with E-state index in [0.717, 1.165) is 11.1 Å². The summed E-state index contributed by atoms with van der Waals surface area (Å²) in [6, 6.07) is 7.51. The average molecular weight is 240 g/mol. The molecule has 5 nitrogen and oxygen atoms in total. The number of hydrogen-bond acceptors (Lipinski definition) is 4. The molecule has 18 heavy (non-hydrogen) atoms. The summed E-state index contributed by atoms with van der Waals surface area (Å²) in [6.45, 7) is 3.98. The second-order valence-electron chi connectivity index (χ2n) is 4.12. The maximum absolute atomic E-state index is 12.1. The summed E-state index contributed by atoms with van der Waals surface area (Å²) < 4.78 is 1.38. The third kappa shape index (κ3) is 2.43. The standard InChI is InChI=1S/C13H12N4O/c1-9-3-4-11(10(2)5-9)12(18)7-17-8-15-13(6-14)16-17/h3-5,8H,7H2,1-2H3. The quantitative estimate of drug-likeness (QED) is 0.765. The van der Waals surface area contributed by atoms with E-state index < -0.39 is 0 Å². The Hall–Kier alpha value is -2.48. The van der Waals surface area contributed by atoms with E-state index >= 15 is 0 Å². The van der Waals surface area contributed by atoms with Crippen LogP contribution < -0.4 is 0 Å². The molecular weight excluding hydrogens is 228 g/mol. The summed E-state index contributed by atoms with van der Waals surface area (Å²) in [5.41, 5.74) is 2.74. The van der Waals surface area contributed by atoms with Crippen molar-refractivity contribution in [3.05, 3.63) is 47.0 Å². The highest BCUT2D eigenvalue weighted by Crippen LogP contribution is 2.11. The molecule has 0 aliphatic heterocycles. The molecule has 0 saturated heterocycles. The van der Waals surface area contributed by atoms with E-state index in [-0.39, 0.29) is 18.2 Å². The molecule has 0 aliphatic carbocycles. The lowest BCUT2D eigenvalue weighted by Gasteiger charge is -2.05. The van der Waals surface area contributed by atoms with Crippen LogP contribution in [-0.4, -0.2) is 20.5 Å². The Morgan fingerprint density at radius 3 is 2.83 bits per heavy atom. The number of carbonyl (C=O) groups is 1. The topological polar surface area (TPSA) is 71.6 Å². The second-order valence-corrected chi connectivity index (χ2v) is 4.12. The molecule has 1 aromatic carbocycles. The fraction of sp³-hybridized carbons (Fsp3) is 0.231. The molecule has 0 spiro atoms. The summed E-state index contributed by atoms with van der Waals surface area (Å²) in [5, 5.41) is 12.5. The molecule has 0 bridgehead atoms. The van der Waals surface area contributed by atoms with Gasteiger partial charge in [0.05, 0.1) is 0 Å². The number of hydrogen-bond donors (Lipinski definition) is 0. The van der Waals surface area contributed by atoms with E-state index in [0.29, 0.717) is 5.56 Å². The lowest BCUT2D eigenvalue weighted by molar-refractivity contribution is 0.0967. The van der Waals surface area contributed by atoms with Crippen molar-refractivity contribution in [2.45, 2.75) is 20.4 Å². The van der Waals surface area contributed by atoms with Gasteiger partial charge in [0.25, 0.3) is 5.82 Å². The first kappa shape index (κ1) is 12.0. The van der Waals surface area contributed by atoms with E-state index in [9.17, 15) is 4.79 Å². The summed E-state index contributed by atoms with van der Waals surface area (Å²) in [6.07, 6.45) is 1.39. The molecule has 0 radical (unpaired) electrons. The number of carbonyl (C=O) groups excluding carboxylic acids is 1. The largest absolute Gasteiger partial charge is 0.292 e. The zero-order chi connectivity index (χ0) is 13.1. The Kier molecular flexibility index (Phi) is 3.20. The lowest BCUT2D eigenvalue weighted by Crippen LogP contribution is -2.12. The van der Waals surface area contributed by atoms with Crippen molar-refractivity contribution in [1.82, 2.24) is 14.8 Å². The van der Waals surface area contributed by atoms with Crippen LogP contribution in [0.25, 0.3) is 0 Å². The summed E-state index contributed by atoms with van der Waals surface area (Å²) in [4.78, 5) is 15.8. The van der Waals surface area contributed by atoms with Crippen LogP contribution in [0.3, 0.4) is 0 Å². The zero-order valence-corrected chi connectivity index (χ0v) is 10.2. The number of rotatable bonds is 3. The van der Waals surface area contributed by atoms with Crippen molar-refractivity contribution in [3.8, 4) is 6.07 Å². The summed E-state index contributed by atoms with van der Waals surface area (Å²) in [7, 11) is 0. The Morgan fingerprint density at radius 2 is 2.22 bits per heavy atom. The van der Waals surface area contributed by atoms with Gasteiger partial charge in [-0.3, -0.25) is 4.79 Å². The molecule has 0 aliphatic rings. The molecule has 0 amide bonds. The van der Waals surface area contributed by atoms with Crippen LogP contribution in [0.15, 0.2) is 24.5 Å². The molecule has 0 N–H and O–H groups in total. The van der Waals surface area contributed by atoms with Gasteiger partial charge in [0, 0.05) is 5.56 Å². The van der Waals surface area contributed by atoms with E-state index in [2.05, 4.69) is 10.1 Å². The van der Waals surface area contributed by atoms with Gasteiger partial charge in [-0.25, -0.2) is 9.67 Å². The fourth-order valence-corrected chi connectivity index (χ4v) is 1.78. The van der Waals surface area contributed by atoms with E-state index in [1.807, 2.05) is 38.1 Å². The monoisotopic (exact) mass is 240 g/mol. The van der Waals surface area contributed by atoms with Gasteiger partial charge >= 0.3 is 0 Å². The number of benzene rings is 1. The van der Waals surface area contributed by atoms with Crippen molar-refractivity contribution in [2.24, 2.45) is 0 Å². The molecule has 0 unspecified atom stereocenters. The van der Waals surface area contributed by atoms with Crippen LogP contribution in [0.2, 0.25) is 0 Å². The third-order valence-corrected chi connectivity index (χ3v) is 2.62. The van der Waals surface area contributed by atoms with Crippen LogP contribution in [0.5, 0.6) is 0 Å². The van der Waals surface area contributed by atoms with E-state index in [1.54, 1.807) is 0 Å². The van der Waals surface area contributed by atoms with Crippen LogP contribution in [0, 0.1) is 25.2 Å². The number of nitrogens with zero attached hydrogens (tertiary/aromatic N) is 4. The van der Waals surface area contributed by atoms with Gasteiger partial charge < -0.3 is 0 Å². The maximum atomic E-state index is 12.1. The second kappa shape index (κ2) is 4.80.